The van der Waals surface area contributed by atoms with E-state index in [1.807, 2.05) is 19.1 Å². The average molecular weight is 198 g/mol. The number of hydrogen-bond acceptors (Lipinski definition) is 0. The lowest BCUT2D eigenvalue weighted by Gasteiger charge is -2.01. The van der Waals surface area contributed by atoms with Crippen molar-refractivity contribution < 1.29 is 0 Å². The molecule has 0 amide bonds. The van der Waals surface area contributed by atoms with E-state index in [0.29, 0.717) is 0 Å². The minimum absolute atomic E-state index is 1.26. The largest absolute Gasteiger partial charge is 0.0877 e. The second-order valence-corrected chi connectivity index (χ2v) is 3.49. The molecule has 0 aliphatic heterocycles. The predicted octanol–water partition coefficient (Wildman–Crippen LogP) is 4.53. The average Bonchev–Trinajstić information content (AvgIpc) is 2.26. The Morgan fingerprint density at radius 2 is 1.67 bits per heavy atom. The van der Waals surface area contributed by atoms with Gasteiger partial charge in [0, 0.05) is 0 Å². The summed E-state index contributed by atoms with van der Waals surface area (Å²) in [6, 6.07) is 8.60. The summed E-state index contributed by atoms with van der Waals surface area (Å²) in [7, 11) is 0. The zero-order valence-electron chi connectivity index (χ0n) is 9.70. The second-order valence-electron chi connectivity index (χ2n) is 3.49. The first-order chi connectivity index (χ1) is 7.27. The van der Waals surface area contributed by atoms with Crippen LogP contribution in [0, 0.1) is 6.92 Å². The minimum atomic E-state index is 1.26. The summed E-state index contributed by atoms with van der Waals surface area (Å²) < 4.78 is 0. The van der Waals surface area contributed by atoms with Gasteiger partial charge in [-0.3, -0.25) is 0 Å². The number of aryl methyl sites for hydroxylation is 1. The Kier molecular flexibility index (Phi) is 4.62. The van der Waals surface area contributed by atoms with Gasteiger partial charge in [0.1, 0.15) is 0 Å². The number of hydrogen-bond donors (Lipinski definition) is 0. The van der Waals surface area contributed by atoms with Crippen molar-refractivity contribution in [2.75, 3.05) is 0 Å². The molecule has 0 fully saturated rings. The molecule has 15 heavy (non-hydrogen) atoms. The van der Waals surface area contributed by atoms with Crippen molar-refractivity contribution in [2.45, 2.75) is 20.8 Å². The van der Waals surface area contributed by atoms with Crippen LogP contribution < -0.4 is 0 Å². The van der Waals surface area contributed by atoms with E-state index in [2.05, 4.69) is 56.3 Å². The standard InChI is InChI=1S/C15H18/c1-4-6-7-8-14(5-2)15-11-9-13(3)10-12-15/h4-12H,1-3H3/b6-4+,8-7-,14-5+. The zero-order valence-corrected chi connectivity index (χ0v) is 9.70. The Bertz CT molecular complexity index is 375. The molecule has 0 saturated heterocycles. The van der Waals surface area contributed by atoms with Gasteiger partial charge in [-0.05, 0) is 31.9 Å². The Morgan fingerprint density at radius 1 is 1.00 bits per heavy atom. The topological polar surface area (TPSA) is 0 Å². The number of rotatable bonds is 3. The summed E-state index contributed by atoms with van der Waals surface area (Å²) in [5, 5.41) is 0. The maximum Gasteiger partial charge on any atom is -0.0187 e. The van der Waals surface area contributed by atoms with Gasteiger partial charge in [0.2, 0.25) is 0 Å². The highest BCUT2D eigenvalue weighted by Crippen LogP contribution is 2.16. The van der Waals surface area contributed by atoms with Crippen molar-refractivity contribution in [3.05, 3.63) is 65.8 Å². The lowest BCUT2D eigenvalue weighted by atomic mass is 10.0. The van der Waals surface area contributed by atoms with Gasteiger partial charge in [-0.25, -0.2) is 0 Å². The molecule has 0 spiro atoms. The maximum atomic E-state index is 2.16. The van der Waals surface area contributed by atoms with Crippen LogP contribution >= 0.6 is 0 Å². The molecule has 0 saturated carbocycles. The number of benzene rings is 1. The smallest absolute Gasteiger partial charge is 0.0187 e. The van der Waals surface area contributed by atoms with E-state index in [1.165, 1.54) is 16.7 Å². The van der Waals surface area contributed by atoms with E-state index in [1.54, 1.807) is 0 Å². The Balaban J connectivity index is 2.89. The highest BCUT2D eigenvalue weighted by Gasteiger charge is 1.94. The Labute approximate surface area is 92.6 Å². The van der Waals surface area contributed by atoms with Gasteiger partial charge in [0.25, 0.3) is 0 Å². The first-order valence-electron chi connectivity index (χ1n) is 5.30. The van der Waals surface area contributed by atoms with Gasteiger partial charge >= 0.3 is 0 Å². The van der Waals surface area contributed by atoms with Gasteiger partial charge in [0.15, 0.2) is 0 Å². The molecular formula is C15H18. The fraction of sp³-hybridized carbons (Fsp3) is 0.200. The van der Waals surface area contributed by atoms with Gasteiger partial charge in [-0.2, -0.15) is 0 Å². The molecule has 1 aromatic carbocycles. The summed E-state index contributed by atoms with van der Waals surface area (Å²) in [6.45, 7) is 6.19. The molecule has 0 radical (unpaired) electrons. The molecule has 0 N–H and O–H groups in total. The zero-order chi connectivity index (χ0) is 11.1. The lowest BCUT2D eigenvalue weighted by molar-refractivity contribution is 1.45. The summed E-state index contributed by atoms with van der Waals surface area (Å²) in [5.41, 5.74) is 3.82. The summed E-state index contributed by atoms with van der Waals surface area (Å²) in [6.07, 6.45) is 10.4. The van der Waals surface area contributed by atoms with E-state index < -0.39 is 0 Å². The van der Waals surface area contributed by atoms with Crippen LogP contribution in [-0.2, 0) is 0 Å². The first-order valence-corrected chi connectivity index (χ1v) is 5.30. The molecule has 1 aromatic rings. The van der Waals surface area contributed by atoms with Gasteiger partial charge < -0.3 is 0 Å². The molecule has 0 bridgehead atoms. The summed E-state index contributed by atoms with van der Waals surface area (Å²) in [5.74, 6) is 0. The molecule has 0 aliphatic rings. The molecule has 0 aliphatic carbocycles. The van der Waals surface area contributed by atoms with E-state index in [9.17, 15) is 0 Å². The van der Waals surface area contributed by atoms with Crippen LogP contribution in [0.25, 0.3) is 5.57 Å². The van der Waals surface area contributed by atoms with Crippen LogP contribution in [0.15, 0.2) is 54.6 Å². The van der Waals surface area contributed by atoms with Crippen LogP contribution in [0.4, 0.5) is 0 Å². The van der Waals surface area contributed by atoms with E-state index >= 15 is 0 Å². The fourth-order valence-electron chi connectivity index (χ4n) is 1.38. The number of allylic oxidation sites excluding steroid dienone is 6. The molecule has 0 aromatic heterocycles. The molecule has 78 valence electrons. The summed E-state index contributed by atoms with van der Waals surface area (Å²) >= 11 is 0. The van der Waals surface area contributed by atoms with Crippen LogP contribution in [0.1, 0.15) is 25.0 Å². The first kappa shape index (κ1) is 11.5. The highest BCUT2D eigenvalue weighted by molar-refractivity contribution is 5.74. The lowest BCUT2D eigenvalue weighted by Crippen LogP contribution is -1.80. The van der Waals surface area contributed by atoms with Gasteiger partial charge in [-0.15, -0.1) is 0 Å². The molecular weight excluding hydrogens is 180 g/mol. The van der Waals surface area contributed by atoms with Crippen LogP contribution in [0.3, 0.4) is 0 Å². The van der Waals surface area contributed by atoms with Crippen molar-refractivity contribution in [3.8, 4) is 0 Å². The van der Waals surface area contributed by atoms with E-state index in [-0.39, 0.29) is 0 Å². The summed E-state index contributed by atoms with van der Waals surface area (Å²) in [4.78, 5) is 0. The van der Waals surface area contributed by atoms with Crippen molar-refractivity contribution in [1.82, 2.24) is 0 Å². The normalized spacial score (nSPS) is 12.9. The third-order valence-corrected chi connectivity index (χ3v) is 2.28. The van der Waals surface area contributed by atoms with Crippen LogP contribution in [-0.4, -0.2) is 0 Å². The van der Waals surface area contributed by atoms with Crippen LogP contribution in [0.5, 0.6) is 0 Å². The second kappa shape index (κ2) is 6.02. The molecule has 0 nitrogen and oxygen atoms in total. The van der Waals surface area contributed by atoms with Crippen LogP contribution in [0.2, 0.25) is 0 Å². The van der Waals surface area contributed by atoms with Crippen molar-refractivity contribution in [1.29, 1.82) is 0 Å². The molecule has 0 heteroatoms. The molecule has 1 rings (SSSR count). The minimum Gasteiger partial charge on any atom is -0.0877 e. The molecule has 0 atom stereocenters. The third kappa shape index (κ3) is 3.59. The van der Waals surface area contributed by atoms with Gasteiger partial charge in [0.05, 0.1) is 0 Å². The van der Waals surface area contributed by atoms with Crippen molar-refractivity contribution in [3.63, 3.8) is 0 Å². The SMILES string of the molecule is C/C=C/C=C\C(=C/C)c1ccc(C)cc1. The van der Waals surface area contributed by atoms with Crippen molar-refractivity contribution >= 4 is 5.57 Å². The third-order valence-electron chi connectivity index (χ3n) is 2.28. The van der Waals surface area contributed by atoms with E-state index in [4.69, 9.17) is 0 Å². The monoisotopic (exact) mass is 198 g/mol. The Hall–Kier alpha value is -1.56. The fourth-order valence-corrected chi connectivity index (χ4v) is 1.38. The predicted molar refractivity (Wildman–Crippen MR) is 68.8 cm³/mol. The molecule has 0 heterocycles. The van der Waals surface area contributed by atoms with E-state index in [0.717, 1.165) is 0 Å². The maximum absolute atomic E-state index is 2.16. The highest BCUT2D eigenvalue weighted by atomic mass is 14.0. The Morgan fingerprint density at radius 3 is 2.20 bits per heavy atom. The quantitative estimate of drug-likeness (QED) is 0.626. The molecule has 0 unspecified atom stereocenters. The van der Waals surface area contributed by atoms with Crippen molar-refractivity contribution in [2.24, 2.45) is 0 Å². The van der Waals surface area contributed by atoms with Gasteiger partial charge in [-0.1, -0.05) is 60.2 Å².